The zero-order valence-electron chi connectivity index (χ0n) is 22.1. The SMILES string of the molecule is COc1ccc(CN(C(=O)COc2ccccc2)[C@H](C(=O)NCc2ccccc2OC)c2ccccc2)cc1. The second kappa shape index (κ2) is 13.7. The molecule has 4 aromatic carbocycles. The highest BCUT2D eigenvalue weighted by Crippen LogP contribution is 2.26. The van der Waals surface area contributed by atoms with Gasteiger partial charge in [-0.1, -0.05) is 78.9 Å². The van der Waals surface area contributed by atoms with Gasteiger partial charge in [-0.25, -0.2) is 0 Å². The van der Waals surface area contributed by atoms with Crippen LogP contribution in [0, 0.1) is 0 Å². The molecule has 0 saturated heterocycles. The fraction of sp³-hybridized carbons (Fsp3) is 0.188. The third-order valence-corrected chi connectivity index (χ3v) is 6.26. The Balaban J connectivity index is 1.64. The molecule has 0 spiro atoms. The summed E-state index contributed by atoms with van der Waals surface area (Å²) in [7, 11) is 3.19. The van der Waals surface area contributed by atoms with Gasteiger partial charge < -0.3 is 24.4 Å². The van der Waals surface area contributed by atoms with Crippen molar-refractivity contribution in [2.45, 2.75) is 19.1 Å². The Hall–Kier alpha value is -4.78. The molecule has 7 heteroatoms. The maximum absolute atomic E-state index is 13.8. The van der Waals surface area contributed by atoms with Crippen LogP contribution in [0.15, 0.2) is 109 Å². The van der Waals surface area contributed by atoms with Crippen LogP contribution in [0.1, 0.15) is 22.7 Å². The molecule has 0 aromatic heterocycles. The molecule has 4 aromatic rings. The molecule has 0 heterocycles. The minimum absolute atomic E-state index is 0.197. The zero-order chi connectivity index (χ0) is 27.5. The van der Waals surface area contributed by atoms with E-state index in [-0.39, 0.29) is 31.5 Å². The van der Waals surface area contributed by atoms with Gasteiger partial charge in [0.2, 0.25) is 5.91 Å². The normalized spacial score (nSPS) is 11.2. The number of ether oxygens (including phenoxy) is 3. The minimum Gasteiger partial charge on any atom is -0.497 e. The summed E-state index contributed by atoms with van der Waals surface area (Å²) in [5, 5.41) is 3.01. The van der Waals surface area contributed by atoms with Crippen molar-refractivity contribution in [3.8, 4) is 17.2 Å². The number of amides is 2. The molecule has 7 nitrogen and oxygen atoms in total. The van der Waals surface area contributed by atoms with Gasteiger partial charge in [0.1, 0.15) is 23.3 Å². The van der Waals surface area contributed by atoms with Gasteiger partial charge in [-0.2, -0.15) is 0 Å². The molecule has 1 N–H and O–H groups in total. The molecule has 0 aliphatic carbocycles. The second-order valence-corrected chi connectivity index (χ2v) is 8.81. The summed E-state index contributed by atoms with van der Waals surface area (Å²) in [5.74, 6) is 1.33. The predicted molar refractivity (Wildman–Crippen MR) is 150 cm³/mol. The van der Waals surface area contributed by atoms with Crippen LogP contribution in [-0.4, -0.2) is 37.5 Å². The number of hydrogen-bond acceptors (Lipinski definition) is 5. The van der Waals surface area contributed by atoms with E-state index in [2.05, 4.69) is 5.32 Å². The Bertz CT molecular complexity index is 1340. The highest BCUT2D eigenvalue weighted by Gasteiger charge is 2.32. The molecule has 39 heavy (non-hydrogen) atoms. The topological polar surface area (TPSA) is 77.1 Å². The molecular formula is C32H32N2O5. The van der Waals surface area contributed by atoms with E-state index in [1.807, 2.05) is 97.1 Å². The van der Waals surface area contributed by atoms with Crippen LogP contribution < -0.4 is 19.5 Å². The summed E-state index contributed by atoms with van der Waals surface area (Å²) in [6, 6.07) is 32.4. The van der Waals surface area contributed by atoms with Crippen LogP contribution in [0.3, 0.4) is 0 Å². The van der Waals surface area contributed by atoms with Crippen LogP contribution in [-0.2, 0) is 22.7 Å². The molecule has 0 radical (unpaired) electrons. The first-order chi connectivity index (χ1) is 19.1. The van der Waals surface area contributed by atoms with Crippen molar-refractivity contribution in [3.05, 3.63) is 126 Å². The summed E-state index contributed by atoms with van der Waals surface area (Å²) in [4.78, 5) is 29.1. The molecule has 0 fully saturated rings. The van der Waals surface area contributed by atoms with Crippen LogP contribution in [0.2, 0.25) is 0 Å². The predicted octanol–water partition coefficient (Wildman–Crippen LogP) is 5.17. The number of hydrogen-bond donors (Lipinski definition) is 1. The number of carbonyl (C=O) groups excluding carboxylic acids is 2. The summed E-state index contributed by atoms with van der Waals surface area (Å²) >= 11 is 0. The first-order valence-electron chi connectivity index (χ1n) is 12.6. The van der Waals surface area contributed by atoms with E-state index in [4.69, 9.17) is 14.2 Å². The van der Waals surface area contributed by atoms with Crippen molar-refractivity contribution >= 4 is 11.8 Å². The molecule has 0 saturated carbocycles. The van der Waals surface area contributed by atoms with E-state index in [9.17, 15) is 9.59 Å². The number of nitrogens with zero attached hydrogens (tertiary/aromatic N) is 1. The monoisotopic (exact) mass is 524 g/mol. The fourth-order valence-electron chi connectivity index (χ4n) is 4.23. The van der Waals surface area contributed by atoms with Gasteiger partial charge in [0, 0.05) is 18.7 Å². The molecule has 0 aliphatic heterocycles. The number of nitrogens with one attached hydrogen (secondary N) is 1. The van der Waals surface area contributed by atoms with E-state index < -0.39 is 6.04 Å². The Morgan fingerprint density at radius 2 is 1.38 bits per heavy atom. The largest absolute Gasteiger partial charge is 0.497 e. The van der Waals surface area contributed by atoms with E-state index in [0.717, 1.165) is 11.1 Å². The van der Waals surface area contributed by atoms with Crippen molar-refractivity contribution in [2.75, 3.05) is 20.8 Å². The van der Waals surface area contributed by atoms with Crippen LogP contribution in [0.5, 0.6) is 17.2 Å². The first-order valence-corrected chi connectivity index (χ1v) is 12.6. The van der Waals surface area contributed by atoms with Gasteiger partial charge in [-0.15, -0.1) is 0 Å². The molecule has 0 aliphatic rings. The number of para-hydroxylation sites is 2. The summed E-state index contributed by atoms with van der Waals surface area (Å²) in [6.07, 6.45) is 0. The summed E-state index contributed by atoms with van der Waals surface area (Å²) in [6.45, 7) is 0.225. The van der Waals surface area contributed by atoms with Crippen LogP contribution >= 0.6 is 0 Å². The van der Waals surface area contributed by atoms with Gasteiger partial charge in [-0.05, 0) is 41.5 Å². The average molecular weight is 525 g/mol. The lowest BCUT2D eigenvalue weighted by atomic mass is 10.0. The third kappa shape index (κ3) is 7.38. The Morgan fingerprint density at radius 3 is 2.05 bits per heavy atom. The molecule has 200 valence electrons. The molecule has 1 atom stereocenters. The van der Waals surface area contributed by atoms with Crippen molar-refractivity contribution in [1.82, 2.24) is 10.2 Å². The lowest BCUT2D eigenvalue weighted by molar-refractivity contribution is -0.143. The second-order valence-electron chi connectivity index (χ2n) is 8.81. The number of benzene rings is 4. The summed E-state index contributed by atoms with van der Waals surface area (Å²) in [5.41, 5.74) is 2.37. The average Bonchev–Trinajstić information content (AvgIpc) is 3.00. The minimum atomic E-state index is -0.894. The fourth-order valence-corrected chi connectivity index (χ4v) is 4.23. The van der Waals surface area contributed by atoms with E-state index >= 15 is 0 Å². The Kier molecular flexibility index (Phi) is 9.56. The van der Waals surface area contributed by atoms with Crippen LogP contribution in [0.25, 0.3) is 0 Å². The molecule has 0 unspecified atom stereocenters. The van der Waals surface area contributed by atoms with Crippen molar-refractivity contribution in [3.63, 3.8) is 0 Å². The number of rotatable bonds is 12. The van der Waals surface area contributed by atoms with E-state index in [0.29, 0.717) is 22.8 Å². The van der Waals surface area contributed by atoms with Gasteiger partial charge in [-0.3, -0.25) is 9.59 Å². The van der Waals surface area contributed by atoms with Crippen molar-refractivity contribution in [2.24, 2.45) is 0 Å². The highest BCUT2D eigenvalue weighted by molar-refractivity contribution is 5.89. The summed E-state index contributed by atoms with van der Waals surface area (Å²) < 4.78 is 16.5. The third-order valence-electron chi connectivity index (χ3n) is 6.26. The van der Waals surface area contributed by atoms with Gasteiger partial charge in [0.05, 0.1) is 14.2 Å². The van der Waals surface area contributed by atoms with Gasteiger partial charge in [0.25, 0.3) is 5.91 Å². The van der Waals surface area contributed by atoms with Gasteiger partial charge >= 0.3 is 0 Å². The maximum Gasteiger partial charge on any atom is 0.261 e. The smallest absolute Gasteiger partial charge is 0.261 e. The molecular weight excluding hydrogens is 492 g/mol. The molecule has 4 rings (SSSR count). The standard InChI is InChI=1S/C32H32N2O5/c1-37-27-19-17-24(18-20-27)22-34(30(35)23-39-28-14-7-4-8-15-28)31(25-11-5-3-6-12-25)32(36)33-21-26-13-9-10-16-29(26)38-2/h3-20,31H,21-23H2,1-2H3,(H,33,36)/t31-/m0/s1. The van der Waals surface area contributed by atoms with Crippen LogP contribution in [0.4, 0.5) is 0 Å². The zero-order valence-corrected chi connectivity index (χ0v) is 22.1. The van der Waals surface area contributed by atoms with Crippen molar-refractivity contribution in [1.29, 1.82) is 0 Å². The molecule has 2 amide bonds. The quantitative estimate of drug-likeness (QED) is 0.277. The Morgan fingerprint density at radius 1 is 0.744 bits per heavy atom. The number of carbonyl (C=O) groups is 2. The van der Waals surface area contributed by atoms with E-state index in [1.54, 1.807) is 31.3 Å². The first kappa shape index (κ1) is 27.3. The highest BCUT2D eigenvalue weighted by atomic mass is 16.5. The van der Waals surface area contributed by atoms with E-state index in [1.165, 1.54) is 0 Å². The number of methoxy groups -OCH3 is 2. The lowest BCUT2D eigenvalue weighted by Crippen LogP contribution is -2.45. The van der Waals surface area contributed by atoms with Gasteiger partial charge in [0.15, 0.2) is 6.61 Å². The maximum atomic E-state index is 13.8. The Labute approximate surface area is 228 Å². The lowest BCUT2D eigenvalue weighted by Gasteiger charge is -2.31. The van der Waals surface area contributed by atoms with Crippen molar-refractivity contribution < 1.29 is 23.8 Å². The molecule has 0 bridgehead atoms.